The monoisotopic (exact) mass is 358 g/mol. The minimum absolute atomic E-state index is 0.0109. The first-order chi connectivity index (χ1) is 12.7. The van der Waals surface area contributed by atoms with Crippen molar-refractivity contribution in [2.75, 3.05) is 13.1 Å². The summed E-state index contributed by atoms with van der Waals surface area (Å²) in [6, 6.07) is 1.89. The summed E-state index contributed by atoms with van der Waals surface area (Å²) in [6.07, 6.45) is 7.24. The van der Waals surface area contributed by atoms with Crippen molar-refractivity contribution in [2.24, 2.45) is 0 Å². The van der Waals surface area contributed by atoms with Crippen LogP contribution in [0.25, 0.3) is 0 Å². The quantitative estimate of drug-likeness (QED) is 0.906. The lowest BCUT2D eigenvalue weighted by atomic mass is 10.1. The van der Waals surface area contributed by atoms with Crippen LogP contribution < -0.4 is 5.32 Å². The number of nitrogens with one attached hydrogen (secondary N) is 1. The Morgan fingerprint density at radius 2 is 2.19 bits per heavy atom. The predicted molar refractivity (Wildman–Crippen MR) is 94.6 cm³/mol. The van der Waals surface area contributed by atoms with Crippen molar-refractivity contribution < 1.29 is 9.32 Å². The van der Waals surface area contributed by atoms with E-state index in [1.807, 2.05) is 17.9 Å². The molecule has 2 aromatic rings. The molecule has 4 heterocycles. The fourth-order valence-electron chi connectivity index (χ4n) is 3.97. The van der Waals surface area contributed by atoms with E-state index in [9.17, 15) is 4.79 Å². The number of carbonyl (C=O) groups excluding carboxylic acids is 1. The Kier molecular flexibility index (Phi) is 4.90. The fourth-order valence-corrected chi connectivity index (χ4v) is 3.97. The first-order valence-electron chi connectivity index (χ1n) is 9.61. The second kappa shape index (κ2) is 7.47. The molecule has 2 aliphatic rings. The predicted octanol–water partition coefficient (Wildman–Crippen LogP) is 2.39. The van der Waals surface area contributed by atoms with E-state index in [2.05, 4.69) is 25.2 Å². The highest BCUT2D eigenvalue weighted by molar-refractivity contribution is 5.75. The molecule has 2 aromatic heterocycles. The summed E-state index contributed by atoms with van der Waals surface area (Å²) in [5, 5.41) is 15.8. The summed E-state index contributed by atoms with van der Waals surface area (Å²) in [6.45, 7) is 4.18. The maximum absolute atomic E-state index is 12.6. The van der Waals surface area contributed by atoms with Gasteiger partial charge in [0.25, 0.3) is 0 Å². The second-order valence-corrected chi connectivity index (χ2v) is 7.19. The number of rotatable bonds is 4. The molecule has 1 atom stereocenters. The molecule has 0 radical (unpaired) electrons. The number of fused-ring (bicyclic) bond motifs is 1. The van der Waals surface area contributed by atoms with Gasteiger partial charge in [-0.2, -0.15) is 0 Å². The summed E-state index contributed by atoms with van der Waals surface area (Å²) in [4.78, 5) is 14.5. The molecule has 1 fully saturated rings. The molecule has 140 valence electrons. The molecule has 8 heteroatoms. The number of likely N-dealkylation sites (tertiary alicyclic amines) is 1. The Balaban J connectivity index is 1.33. The zero-order valence-corrected chi connectivity index (χ0v) is 15.3. The van der Waals surface area contributed by atoms with E-state index in [-0.39, 0.29) is 12.1 Å². The van der Waals surface area contributed by atoms with Gasteiger partial charge in [0.1, 0.15) is 23.1 Å². The van der Waals surface area contributed by atoms with E-state index in [0.29, 0.717) is 13.0 Å². The van der Waals surface area contributed by atoms with E-state index in [4.69, 9.17) is 4.52 Å². The highest BCUT2D eigenvalue weighted by Crippen LogP contribution is 2.31. The van der Waals surface area contributed by atoms with Gasteiger partial charge in [0, 0.05) is 38.5 Å². The van der Waals surface area contributed by atoms with Gasteiger partial charge in [-0.05, 0) is 32.6 Å². The molecule has 0 aromatic carbocycles. The molecule has 0 unspecified atom stereocenters. The molecule has 2 aliphatic heterocycles. The zero-order valence-electron chi connectivity index (χ0n) is 15.3. The maximum Gasteiger partial charge on any atom is 0.317 e. The van der Waals surface area contributed by atoms with Crippen LogP contribution in [0.5, 0.6) is 0 Å². The van der Waals surface area contributed by atoms with Crippen LogP contribution in [0, 0.1) is 6.92 Å². The van der Waals surface area contributed by atoms with Gasteiger partial charge >= 0.3 is 6.03 Å². The highest BCUT2D eigenvalue weighted by atomic mass is 16.5. The summed E-state index contributed by atoms with van der Waals surface area (Å²) in [7, 11) is 0. The third-order valence-corrected chi connectivity index (χ3v) is 5.31. The van der Waals surface area contributed by atoms with E-state index in [1.165, 1.54) is 19.3 Å². The number of nitrogens with zero attached hydrogens (tertiary/aromatic N) is 5. The summed E-state index contributed by atoms with van der Waals surface area (Å²) in [5.41, 5.74) is 0.845. The zero-order chi connectivity index (χ0) is 17.9. The minimum Gasteiger partial charge on any atom is -0.361 e. The Labute approximate surface area is 152 Å². The van der Waals surface area contributed by atoms with Gasteiger partial charge in [0.2, 0.25) is 0 Å². The molecular formula is C18H26N6O2. The number of aryl methyl sites for hydroxylation is 2. The molecule has 1 N–H and O–H groups in total. The average Bonchev–Trinajstić information content (AvgIpc) is 3.32. The topological polar surface area (TPSA) is 89.1 Å². The van der Waals surface area contributed by atoms with E-state index in [1.54, 1.807) is 0 Å². The van der Waals surface area contributed by atoms with E-state index < -0.39 is 0 Å². The first-order valence-corrected chi connectivity index (χ1v) is 9.61. The second-order valence-electron chi connectivity index (χ2n) is 7.19. The summed E-state index contributed by atoms with van der Waals surface area (Å²) >= 11 is 0. The molecule has 1 saturated heterocycles. The van der Waals surface area contributed by atoms with Crippen molar-refractivity contribution in [1.29, 1.82) is 0 Å². The third kappa shape index (κ3) is 3.45. The normalized spacial score (nSPS) is 20.0. The van der Waals surface area contributed by atoms with Crippen LogP contribution in [-0.2, 0) is 19.4 Å². The van der Waals surface area contributed by atoms with E-state index >= 15 is 0 Å². The van der Waals surface area contributed by atoms with Crippen LogP contribution in [0.1, 0.15) is 61.2 Å². The molecule has 0 spiro atoms. The van der Waals surface area contributed by atoms with Crippen LogP contribution in [0.4, 0.5) is 4.79 Å². The van der Waals surface area contributed by atoms with Gasteiger partial charge in [-0.1, -0.05) is 11.6 Å². The lowest BCUT2D eigenvalue weighted by Gasteiger charge is -2.23. The number of amides is 2. The lowest BCUT2D eigenvalue weighted by Crippen LogP contribution is -2.40. The van der Waals surface area contributed by atoms with Crippen LogP contribution in [0.2, 0.25) is 0 Å². The lowest BCUT2D eigenvalue weighted by molar-refractivity contribution is 0.191. The van der Waals surface area contributed by atoms with Crippen molar-refractivity contribution in [3.8, 4) is 0 Å². The van der Waals surface area contributed by atoms with Crippen LogP contribution >= 0.6 is 0 Å². The molecule has 0 saturated carbocycles. The fraction of sp³-hybridized carbons (Fsp3) is 0.667. The standard InChI is InChI=1S/C18H26N6O2/c1-13-12-14(22-26-13)15-6-5-11-23(15)18(25)19-9-8-17-21-20-16-7-3-2-4-10-24(16)17/h12,15H,2-11H2,1H3,(H,19,25)/t15-/m0/s1. The van der Waals surface area contributed by atoms with Crippen molar-refractivity contribution in [1.82, 2.24) is 30.1 Å². The Hall–Kier alpha value is -2.38. The number of hydrogen-bond donors (Lipinski definition) is 1. The van der Waals surface area contributed by atoms with Crippen molar-refractivity contribution >= 4 is 6.03 Å². The molecule has 2 amide bonds. The molecule has 4 rings (SSSR count). The smallest absolute Gasteiger partial charge is 0.317 e. The van der Waals surface area contributed by atoms with Gasteiger partial charge in [-0.3, -0.25) is 0 Å². The van der Waals surface area contributed by atoms with Crippen molar-refractivity contribution in [3.05, 3.63) is 29.2 Å². The molecular weight excluding hydrogens is 332 g/mol. The average molecular weight is 358 g/mol. The number of aromatic nitrogens is 4. The Bertz CT molecular complexity index is 768. The van der Waals surface area contributed by atoms with Gasteiger partial charge in [0.15, 0.2) is 0 Å². The Morgan fingerprint density at radius 3 is 3.04 bits per heavy atom. The molecule has 26 heavy (non-hydrogen) atoms. The third-order valence-electron chi connectivity index (χ3n) is 5.31. The largest absolute Gasteiger partial charge is 0.361 e. The highest BCUT2D eigenvalue weighted by Gasteiger charge is 2.32. The van der Waals surface area contributed by atoms with E-state index in [0.717, 1.165) is 55.5 Å². The molecule has 0 aliphatic carbocycles. The van der Waals surface area contributed by atoms with Gasteiger partial charge in [-0.25, -0.2) is 4.79 Å². The molecule has 8 nitrogen and oxygen atoms in total. The number of carbonyl (C=O) groups is 1. The van der Waals surface area contributed by atoms with Gasteiger partial charge in [-0.15, -0.1) is 10.2 Å². The van der Waals surface area contributed by atoms with Crippen molar-refractivity contribution in [2.45, 2.75) is 64.5 Å². The number of urea groups is 1. The Morgan fingerprint density at radius 1 is 1.27 bits per heavy atom. The number of hydrogen-bond acceptors (Lipinski definition) is 5. The minimum atomic E-state index is -0.0382. The summed E-state index contributed by atoms with van der Waals surface area (Å²) in [5.74, 6) is 2.84. The van der Waals surface area contributed by atoms with Gasteiger partial charge in [0.05, 0.1) is 6.04 Å². The van der Waals surface area contributed by atoms with Crippen LogP contribution in [0.15, 0.2) is 10.6 Å². The summed E-state index contributed by atoms with van der Waals surface area (Å²) < 4.78 is 7.40. The van der Waals surface area contributed by atoms with Gasteiger partial charge < -0.3 is 19.3 Å². The van der Waals surface area contributed by atoms with Crippen LogP contribution in [0.3, 0.4) is 0 Å². The van der Waals surface area contributed by atoms with Crippen LogP contribution in [-0.4, -0.2) is 43.9 Å². The SMILES string of the molecule is Cc1cc([C@@H]2CCCN2C(=O)NCCc2nnc3n2CCCCC3)no1. The van der Waals surface area contributed by atoms with Crippen molar-refractivity contribution in [3.63, 3.8) is 0 Å². The molecule has 0 bridgehead atoms. The first kappa shape index (κ1) is 17.1. The maximum atomic E-state index is 12.6.